The van der Waals surface area contributed by atoms with Crippen molar-refractivity contribution in [1.82, 2.24) is 20.1 Å². The summed E-state index contributed by atoms with van der Waals surface area (Å²) in [7, 11) is 1.88. The summed E-state index contributed by atoms with van der Waals surface area (Å²) in [4.78, 5) is 12.6. The van der Waals surface area contributed by atoms with Crippen LogP contribution in [0.3, 0.4) is 0 Å². The van der Waals surface area contributed by atoms with Gasteiger partial charge in [0.25, 0.3) is 0 Å². The molecule has 0 saturated heterocycles. The number of aromatic nitrogens is 3. The maximum atomic E-state index is 12.6. The van der Waals surface area contributed by atoms with Crippen LogP contribution < -0.4 is 5.32 Å². The fraction of sp³-hybridized carbons (Fsp3) is 0.471. The Morgan fingerprint density at radius 1 is 1.39 bits per heavy atom. The van der Waals surface area contributed by atoms with Crippen molar-refractivity contribution in [2.45, 2.75) is 49.1 Å². The van der Waals surface area contributed by atoms with E-state index in [4.69, 9.17) is 0 Å². The average molecular weight is 330 g/mol. The zero-order valence-corrected chi connectivity index (χ0v) is 14.3. The molecule has 1 aromatic carbocycles. The second-order valence-corrected chi connectivity index (χ2v) is 7.30. The van der Waals surface area contributed by atoms with Crippen molar-refractivity contribution in [1.29, 1.82) is 0 Å². The smallest absolute Gasteiger partial charge is 0.233 e. The van der Waals surface area contributed by atoms with Gasteiger partial charge in [-0.3, -0.25) is 4.79 Å². The Bertz CT molecular complexity index is 685. The van der Waals surface area contributed by atoms with E-state index in [-0.39, 0.29) is 17.2 Å². The summed E-state index contributed by atoms with van der Waals surface area (Å²) >= 11 is 1.44. The van der Waals surface area contributed by atoms with Gasteiger partial charge in [-0.15, -0.1) is 10.2 Å². The van der Waals surface area contributed by atoms with Crippen LogP contribution in [0.2, 0.25) is 0 Å². The van der Waals surface area contributed by atoms with E-state index in [1.165, 1.54) is 29.3 Å². The summed E-state index contributed by atoms with van der Waals surface area (Å²) < 4.78 is 1.83. The third kappa shape index (κ3) is 3.75. The number of amides is 1. The topological polar surface area (TPSA) is 59.8 Å². The fourth-order valence-electron chi connectivity index (χ4n) is 2.95. The van der Waals surface area contributed by atoms with Crippen LogP contribution in [0.1, 0.15) is 43.4 Å². The minimum absolute atomic E-state index is 0.0553. The molecule has 0 spiro atoms. The molecule has 0 saturated carbocycles. The third-order valence-corrected chi connectivity index (χ3v) is 5.41. The highest BCUT2D eigenvalue weighted by molar-refractivity contribution is 8.00. The van der Waals surface area contributed by atoms with E-state index in [1.54, 1.807) is 6.33 Å². The van der Waals surface area contributed by atoms with Gasteiger partial charge in [-0.1, -0.05) is 42.4 Å². The van der Waals surface area contributed by atoms with Gasteiger partial charge in [0.15, 0.2) is 5.16 Å². The van der Waals surface area contributed by atoms with Gasteiger partial charge in [-0.25, -0.2) is 0 Å². The van der Waals surface area contributed by atoms with Crippen LogP contribution >= 0.6 is 11.8 Å². The summed E-state index contributed by atoms with van der Waals surface area (Å²) in [5, 5.41) is 11.7. The molecular weight excluding hydrogens is 308 g/mol. The molecule has 6 heteroatoms. The number of benzene rings is 1. The fourth-order valence-corrected chi connectivity index (χ4v) is 3.75. The van der Waals surface area contributed by atoms with Gasteiger partial charge in [0, 0.05) is 7.05 Å². The number of thioether (sulfide) groups is 1. The van der Waals surface area contributed by atoms with E-state index in [0.717, 1.165) is 24.4 Å². The zero-order valence-electron chi connectivity index (χ0n) is 13.5. The molecule has 1 aromatic heterocycles. The highest BCUT2D eigenvalue weighted by Crippen LogP contribution is 2.29. The largest absolute Gasteiger partial charge is 0.348 e. The predicted octanol–water partition coefficient (Wildman–Crippen LogP) is 2.88. The van der Waals surface area contributed by atoms with E-state index in [9.17, 15) is 4.79 Å². The predicted molar refractivity (Wildman–Crippen MR) is 91.2 cm³/mol. The molecule has 2 atom stereocenters. The van der Waals surface area contributed by atoms with Crippen LogP contribution in [-0.2, 0) is 18.3 Å². The molecule has 122 valence electrons. The van der Waals surface area contributed by atoms with Gasteiger partial charge in [0.1, 0.15) is 6.33 Å². The van der Waals surface area contributed by atoms with Crippen LogP contribution in [0, 0.1) is 0 Å². The van der Waals surface area contributed by atoms with Crippen molar-refractivity contribution in [3.8, 4) is 0 Å². The van der Waals surface area contributed by atoms with E-state index in [0.29, 0.717) is 0 Å². The van der Waals surface area contributed by atoms with E-state index < -0.39 is 0 Å². The molecule has 1 heterocycles. The number of aryl methyl sites for hydroxylation is 2. The number of fused-ring (bicyclic) bond motifs is 1. The SMILES string of the molecule is C[C@H](Sc1nncn1C)C(=O)N[C@@H]1CCCCc2ccccc21. The summed E-state index contributed by atoms with van der Waals surface area (Å²) in [6, 6.07) is 8.57. The van der Waals surface area contributed by atoms with E-state index in [1.807, 2.05) is 18.5 Å². The first kappa shape index (κ1) is 16.1. The lowest BCUT2D eigenvalue weighted by molar-refractivity contribution is -0.121. The van der Waals surface area contributed by atoms with Gasteiger partial charge < -0.3 is 9.88 Å². The standard InChI is InChI=1S/C17H22N4OS/c1-12(23-17-20-18-11-21(17)2)16(22)19-15-10-6-4-8-13-7-3-5-9-14(13)15/h3,5,7,9,11-12,15H,4,6,8,10H2,1-2H3,(H,19,22)/t12-,15+/m0/s1. The Hall–Kier alpha value is -1.82. The molecule has 1 aliphatic rings. The number of nitrogens with one attached hydrogen (secondary N) is 1. The molecule has 0 radical (unpaired) electrons. The summed E-state index contributed by atoms with van der Waals surface area (Å²) in [5.41, 5.74) is 2.64. The molecular formula is C17H22N4OS. The number of carbonyl (C=O) groups excluding carboxylic acids is 1. The first-order chi connectivity index (χ1) is 11.1. The highest BCUT2D eigenvalue weighted by atomic mass is 32.2. The second kappa shape index (κ2) is 7.17. The van der Waals surface area contributed by atoms with Crippen LogP contribution in [0.25, 0.3) is 0 Å². The average Bonchev–Trinajstić information content (AvgIpc) is 2.84. The molecule has 1 N–H and O–H groups in total. The van der Waals surface area contributed by atoms with Crippen molar-refractivity contribution in [3.05, 3.63) is 41.7 Å². The van der Waals surface area contributed by atoms with E-state index in [2.05, 4.69) is 39.8 Å². The number of carbonyl (C=O) groups is 1. The Kier molecular flexibility index (Phi) is 5.00. The van der Waals surface area contributed by atoms with Crippen molar-refractivity contribution in [2.24, 2.45) is 7.05 Å². The summed E-state index contributed by atoms with van der Waals surface area (Å²) in [6.45, 7) is 1.91. The number of nitrogens with zero attached hydrogens (tertiary/aromatic N) is 3. The van der Waals surface area contributed by atoms with Crippen LogP contribution in [0.4, 0.5) is 0 Å². The minimum Gasteiger partial charge on any atom is -0.348 e. The van der Waals surface area contributed by atoms with E-state index >= 15 is 0 Å². The highest BCUT2D eigenvalue weighted by Gasteiger charge is 2.23. The lowest BCUT2D eigenvalue weighted by Gasteiger charge is -2.21. The van der Waals surface area contributed by atoms with Crippen molar-refractivity contribution in [2.75, 3.05) is 0 Å². The normalized spacial score (nSPS) is 18.8. The number of hydrogen-bond donors (Lipinski definition) is 1. The Labute approximate surface area is 140 Å². The number of rotatable bonds is 4. The second-order valence-electron chi connectivity index (χ2n) is 5.99. The Morgan fingerprint density at radius 2 is 2.22 bits per heavy atom. The van der Waals surface area contributed by atoms with Crippen LogP contribution in [0.5, 0.6) is 0 Å². The van der Waals surface area contributed by atoms with Gasteiger partial charge in [0.05, 0.1) is 11.3 Å². The quantitative estimate of drug-likeness (QED) is 0.692. The van der Waals surface area contributed by atoms with Crippen molar-refractivity contribution < 1.29 is 4.79 Å². The zero-order chi connectivity index (χ0) is 16.2. The van der Waals surface area contributed by atoms with Crippen LogP contribution in [-0.4, -0.2) is 25.9 Å². The molecule has 0 fully saturated rings. The van der Waals surface area contributed by atoms with Gasteiger partial charge in [-0.2, -0.15) is 0 Å². The molecule has 0 bridgehead atoms. The van der Waals surface area contributed by atoms with Gasteiger partial charge in [-0.05, 0) is 37.3 Å². The third-order valence-electron chi connectivity index (χ3n) is 4.26. The molecule has 0 aliphatic heterocycles. The summed E-state index contributed by atoms with van der Waals surface area (Å²) in [5.74, 6) is 0.0553. The minimum atomic E-state index is -0.201. The number of hydrogen-bond acceptors (Lipinski definition) is 4. The molecule has 5 nitrogen and oxygen atoms in total. The van der Waals surface area contributed by atoms with Gasteiger partial charge >= 0.3 is 0 Å². The Morgan fingerprint density at radius 3 is 3.00 bits per heavy atom. The molecule has 23 heavy (non-hydrogen) atoms. The maximum absolute atomic E-state index is 12.6. The van der Waals surface area contributed by atoms with Gasteiger partial charge in [0.2, 0.25) is 5.91 Å². The maximum Gasteiger partial charge on any atom is 0.233 e. The monoisotopic (exact) mass is 330 g/mol. The van der Waals surface area contributed by atoms with Crippen molar-refractivity contribution >= 4 is 17.7 Å². The molecule has 2 aromatic rings. The first-order valence-corrected chi connectivity index (χ1v) is 8.92. The molecule has 1 amide bonds. The Balaban J connectivity index is 1.68. The summed E-state index contributed by atoms with van der Waals surface area (Å²) in [6.07, 6.45) is 6.08. The lowest BCUT2D eigenvalue weighted by Crippen LogP contribution is -2.34. The molecule has 0 unspecified atom stereocenters. The first-order valence-electron chi connectivity index (χ1n) is 8.04. The molecule has 3 rings (SSSR count). The lowest BCUT2D eigenvalue weighted by atomic mass is 9.99. The molecule has 1 aliphatic carbocycles. The van der Waals surface area contributed by atoms with Crippen molar-refractivity contribution in [3.63, 3.8) is 0 Å². The van der Waals surface area contributed by atoms with Crippen LogP contribution in [0.15, 0.2) is 35.7 Å².